The van der Waals surface area contributed by atoms with Gasteiger partial charge in [0.15, 0.2) is 5.76 Å². The maximum absolute atomic E-state index is 5.42. The molecule has 0 bridgehead atoms. The van der Waals surface area contributed by atoms with Gasteiger partial charge in [0.25, 0.3) is 0 Å². The normalized spacial score (nSPS) is 10.5. The second kappa shape index (κ2) is 5.21. The van der Waals surface area contributed by atoms with Crippen molar-refractivity contribution in [2.45, 2.75) is 0 Å². The highest BCUT2D eigenvalue weighted by atomic mass is 16.5. The Morgan fingerprint density at radius 2 is 1.55 bits per heavy atom. The lowest BCUT2D eigenvalue weighted by molar-refractivity contribution is 0.435. The molecule has 0 fully saturated rings. The molecule has 0 saturated carbocycles. The fraction of sp³-hybridized carbons (Fsp3) is 0.118. The van der Waals surface area contributed by atoms with Gasteiger partial charge in [0, 0.05) is 37.0 Å². The Morgan fingerprint density at radius 3 is 2.20 bits per heavy atom. The van der Waals surface area contributed by atoms with Crippen molar-refractivity contribution >= 4 is 5.69 Å². The highest BCUT2D eigenvalue weighted by Gasteiger charge is 2.08. The van der Waals surface area contributed by atoms with Crippen LogP contribution in [0.15, 0.2) is 65.2 Å². The van der Waals surface area contributed by atoms with Crippen LogP contribution in [0.2, 0.25) is 0 Å². The van der Waals surface area contributed by atoms with Crippen LogP contribution in [0.3, 0.4) is 0 Å². The van der Waals surface area contributed by atoms with Crippen LogP contribution in [0.5, 0.6) is 0 Å². The van der Waals surface area contributed by atoms with E-state index in [0.29, 0.717) is 0 Å². The molecule has 0 aliphatic carbocycles. The van der Waals surface area contributed by atoms with E-state index in [1.807, 2.05) is 50.5 Å². The van der Waals surface area contributed by atoms with Gasteiger partial charge in [-0.05, 0) is 12.1 Å². The van der Waals surface area contributed by atoms with Crippen LogP contribution in [0.1, 0.15) is 0 Å². The third-order valence-electron chi connectivity index (χ3n) is 3.25. The maximum Gasteiger partial charge on any atom is 0.167 e. The minimum absolute atomic E-state index is 0.789. The molecule has 0 amide bonds. The van der Waals surface area contributed by atoms with E-state index in [0.717, 1.165) is 22.6 Å². The van der Waals surface area contributed by atoms with Gasteiger partial charge in [-0.2, -0.15) is 0 Å². The van der Waals surface area contributed by atoms with Gasteiger partial charge in [0.05, 0.1) is 0 Å². The summed E-state index contributed by atoms with van der Waals surface area (Å²) in [5.41, 5.74) is 4.12. The van der Waals surface area contributed by atoms with Crippen LogP contribution < -0.4 is 4.90 Å². The van der Waals surface area contributed by atoms with Gasteiger partial charge < -0.3 is 9.42 Å². The van der Waals surface area contributed by atoms with Crippen LogP contribution in [0.25, 0.3) is 22.6 Å². The Bertz CT molecular complexity index is 685. The summed E-state index contributed by atoms with van der Waals surface area (Å²) in [6, 6.07) is 20.2. The van der Waals surface area contributed by atoms with Crippen LogP contribution in [-0.4, -0.2) is 19.3 Å². The summed E-state index contributed by atoms with van der Waals surface area (Å²) in [7, 11) is 4.05. The van der Waals surface area contributed by atoms with Crippen molar-refractivity contribution in [3.05, 3.63) is 60.7 Å². The zero-order valence-corrected chi connectivity index (χ0v) is 11.6. The molecular weight excluding hydrogens is 248 g/mol. The molecule has 3 aromatic rings. The summed E-state index contributed by atoms with van der Waals surface area (Å²) < 4.78 is 5.42. The van der Waals surface area contributed by atoms with Crippen molar-refractivity contribution in [2.24, 2.45) is 0 Å². The van der Waals surface area contributed by atoms with E-state index in [4.69, 9.17) is 4.52 Å². The molecule has 0 aliphatic heterocycles. The molecule has 20 heavy (non-hydrogen) atoms. The fourth-order valence-electron chi connectivity index (χ4n) is 2.08. The van der Waals surface area contributed by atoms with Crippen LogP contribution in [0, 0.1) is 0 Å². The van der Waals surface area contributed by atoms with E-state index >= 15 is 0 Å². The van der Waals surface area contributed by atoms with Crippen LogP contribution >= 0.6 is 0 Å². The smallest absolute Gasteiger partial charge is 0.167 e. The van der Waals surface area contributed by atoms with E-state index in [1.165, 1.54) is 5.69 Å². The highest BCUT2D eigenvalue weighted by molar-refractivity contribution is 5.68. The first-order valence-corrected chi connectivity index (χ1v) is 6.54. The molecule has 0 spiro atoms. The summed E-state index contributed by atoms with van der Waals surface area (Å²) in [6.07, 6.45) is 0. The Labute approximate surface area is 118 Å². The first-order chi connectivity index (χ1) is 9.74. The monoisotopic (exact) mass is 264 g/mol. The highest BCUT2D eigenvalue weighted by Crippen LogP contribution is 2.26. The topological polar surface area (TPSA) is 29.3 Å². The van der Waals surface area contributed by atoms with Crippen molar-refractivity contribution in [1.29, 1.82) is 0 Å². The summed E-state index contributed by atoms with van der Waals surface area (Å²) in [5, 5.41) is 4.15. The van der Waals surface area contributed by atoms with E-state index in [-0.39, 0.29) is 0 Å². The molecule has 3 heteroatoms. The standard InChI is InChI=1S/C17H16N2O/c1-19(2)15-10-8-13(9-11-15)16-12-17(20-18-16)14-6-4-3-5-7-14/h3-12H,1-2H3. The predicted molar refractivity (Wildman–Crippen MR) is 81.7 cm³/mol. The predicted octanol–water partition coefficient (Wildman–Crippen LogP) is 4.07. The number of hydrogen-bond acceptors (Lipinski definition) is 3. The molecule has 0 radical (unpaired) electrons. The van der Waals surface area contributed by atoms with Gasteiger partial charge in [0.1, 0.15) is 5.69 Å². The first-order valence-electron chi connectivity index (χ1n) is 6.54. The maximum atomic E-state index is 5.42. The molecule has 0 unspecified atom stereocenters. The molecular formula is C17H16N2O. The molecule has 0 N–H and O–H groups in total. The summed E-state index contributed by atoms with van der Waals surface area (Å²) in [5.74, 6) is 0.789. The average Bonchev–Trinajstić information content (AvgIpc) is 2.98. The first kappa shape index (κ1) is 12.5. The zero-order valence-electron chi connectivity index (χ0n) is 11.6. The van der Waals surface area contributed by atoms with Crippen LogP contribution in [0.4, 0.5) is 5.69 Å². The average molecular weight is 264 g/mol. The Balaban J connectivity index is 1.90. The Kier molecular flexibility index (Phi) is 3.25. The van der Waals surface area contributed by atoms with E-state index < -0.39 is 0 Å². The quantitative estimate of drug-likeness (QED) is 0.714. The minimum atomic E-state index is 0.789. The van der Waals surface area contributed by atoms with Crippen LogP contribution in [-0.2, 0) is 0 Å². The molecule has 1 heterocycles. The molecule has 3 nitrogen and oxygen atoms in total. The zero-order chi connectivity index (χ0) is 13.9. The van der Waals surface area contributed by atoms with Gasteiger partial charge in [-0.1, -0.05) is 47.6 Å². The van der Waals surface area contributed by atoms with Crippen molar-refractivity contribution in [1.82, 2.24) is 5.16 Å². The van der Waals surface area contributed by atoms with Crippen molar-refractivity contribution in [3.63, 3.8) is 0 Å². The Morgan fingerprint density at radius 1 is 0.850 bits per heavy atom. The van der Waals surface area contributed by atoms with Crippen molar-refractivity contribution in [2.75, 3.05) is 19.0 Å². The van der Waals surface area contributed by atoms with E-state index in [9.17, 15) is 0 Å². The van der Waals surface area contributed by atoms with Crippen molar-refractivity contribution < 1.29 is 4.52 Å². The van der Waals surface area contributed by atoms with E-state index in [1.54, 1.807) is 0 Å². The van der Waals surface area contributed by atoms with E-state index in [2.05, 4.69) is 34.3 Å². The summed E-state index contributed by atoms with van der Waals surface area (Å²) in [4.78, 5) is 2.07. The van der Waals surface area contributed by atoms with Gasteiger partial charge in [-0.3, -0.25) is 0 Å². The second-order valence-electron chi connectivity index (χ2n) is 4.88. The molecule has 1 aromatic heterocycles. The van der Waals surface area contributed by atoms with Gasteiger partial charge >= 0.3 is 0 Å². The molecule has 100 valence electrons. The van der Waals surface area contributed by atoms with Gasteiger partial charge in [-0.15, -0.1) is 0 Å². The third kappa shape index (κ3) is 2.43. The fourth-order valence-corrected chi connectivity index (χ4v) is 2.08. The number of hydrogen-bond donors (Lipinski definition) is 0. The SMILES string of the molecule is CN(C)c1ccc(-c2cc(-c3ccccc3)on2)cc1. The summed E-state index contributed by atoms with van der Waals surface area (Å²) in [6.45, 7) is 0. The number of nitrogens with zero attached hydrogens (tertiary/aromatic N) is 2. The lowest BCUT2D eigenvalue weighted by Gasteiger charge is -2.11. The lowest BCUT2D eigenvalue weighted by Crippen LogP contribution is -2.07. The molecule has 0 atom stereocenters. The van der Waals surface area contributed by atoms with Crippen molar-refractivity contribution in [3.8, 4) is 22.6 Å². The Hall–Kier alpha value is -2.55. The number of rotatable bonds is 3. The number of anilines is 1. The third-order valence-corrected chi connectivity index (χ3v) is 3.25. The number of benzene rings is 2. The number of aromatic nitrogens is 1. The minimum Gasteiger partial charge on any atom is -0.378 e. The van der Waals surface area contributed by atoms with Gasteiger partial charge in [0.2, 0.25) is 0 Å². The summed E-state index contributed by atoms with van der Waals surface area (Å²) >= 11 is 0. The van der Waals surface area contributed by atoms with Gasteiger partial charge in [-0.25, -0.2) is 0 Å². The molecule has 3 rings (SSSR count). The largest absolute Gasteiger partial charge is 0.378 e. The molecule has 2 aromatic carbocycles. The molecule has 0 aliphatic rings. The molecule has 0 saturated heterocycles. The lowest BCUT2D eigenvalue weighted by atomic mass is 10.1. The second-order valence-corrected chi connectivity index (χ2v) is 4.88.